The van der Waals surface area contributed by atoms with Gasteiger partial charge >= 0.3 is 0 Å². The molecule has 0 aromatic carbocycles. The quantitative estimate of drug-likeness (QED) is 0.574. The minimum atomic E-state index is 0.466. The first kappa shape index (κ1) is 18.0. The molecule has 0 saturated carbocycles. The highest BCUT2D eigenvalue weighted by molar-refractivity contribution is 5.79. The minimum absolute atomic E-state index is 0.466. The summed E-state index contributed by atoms with van der Waals surface area (Å²) in [5.74, 6) is 2.03. The van der Waals surface area contributed by atoms with E-state index in [-0.39, 0.29) is 0 Å². The van der Waals surface area contributed by atoms with Crippen LogP contribution >= 0.6 is 0 Å². The highest BCUT2D eigenvalue weighted by Gasteiger charge is 2.13. The lowest BCUT2D eigenvalue weighted by atomic mass is 9.99. The predicted octanol–water partition coefficient (Wildman–Crippen LogP) is 3.23. The van der Waals surface area contributed by atoms with Crippen LogP contribution in [0.2, 0.25) is 0 Å². The van der Waals surface area contributed by atoms with Crippen LogP contribution in [0.1, 0.15) is 56.7 Å². The van der Waals surface area contributed by atoms with Crippen LogP contribution in [0.25, 0.3) is 0 Å². The Balaban J connectivity index is 1.93. The Morgan fingerprint density at radius 1 is 1.21 bits per heavy atom. The van der Waals surface area contributed by atoms with Gasteiger partial charge in [0.2, 0.25) is 0 Å². The number of rotatable bonds is 8. The molecule has 0 unspecified atom stereocenters. The summed E-state index contributed by atoms with van der Waals surface area (Å²) in [6, 6.07) is 7.86. The fraction of sp³-hybridized carbons (Fsp3) is 0.500. The zero-order valence-corrected chi connectivity index (χ0v) is 14.7. The first-order valence-electron chi connectivity index (χ1n) is 8.64. The van der Waals surface area contributed by atoms with Gasteiger partial charge in [0, 0.05) is 24.7 Å². The van der Waals surface area contributed by atoms with Crippen LogP contribution in [0.5, 0.6) is 0 Å². The first-order valence-corrected chi connectivity index (χ1v) is 8.64. The van der Waals surface area contributed by atoms with E-state index in [1.165, 1.54) is 0 Å². The molecule has 6 nitrogen and oxygen atoms in total. The molecule has 6 heteroatoms. The van der Waals surface area contributed by atoms with Gasteiger partial charge in [0.05, 0.1) is 24.5 Å². The second-order valence-corrected chi connectivity index (χ2v) is 5.60. The Bertz CT molecular complexity index is 619. The van der Waals surface area contributed by atoms with Crippen molar-refractivity contribution in [2.24, 2.45) is 4.99 Å². The van der Waals surface area contributed by atoms with Gasteiger partial charge in [-0.05, 0) is 31.9 Å². The topological polar surface area (TPSA) is 75.3 Å². The van der Waals surface area contributed by atoms with Crippen molar-refractivity contribution in [1.82, 2.24) is 20.8 Å². The number of nitrogens with zero attached hydrogens (tertiary/aromatic N) is 3. The Morgan fingerprint density at radius 3 is 2.71 bits per heavy atom. The molecule has 0 spiro atoms. The molecule has 0 radical (unpaired) electrons. The average molecular weight is 329 g/mol. The molecular formula is C18H27N5O. The third-order valence-corrected chi connectivity index (χ3v) is 3.88. The number of guanidine groups is 1. The van der Waals surface area contributed by atoms with Crippen molar-refractivity contribution in [3.63, 3.8) is 0 Å². The molecule has 0 saturated heterocycles. The molecule has 0 fully saturated rings. The van der Waals surface area contributed by atoms with E-state index in [1.807, 2.05) is 31.2 Å². The minimum Gasteiger partial charge on any atom is -0.359 e. The molecule has 2 rings (SSSR count). The van der Waals surface area contributed by atoms with E-state index in [1.54, 1.807) is 6.20 Å². The Hall–Kier alpha value is -2.37. The van der Waals surface area contributed by atoms with Gasteiger partial charge in [0.15, 0.2) is 11.7 Å². The molecule has 130 valence electrons. The number of aromatic nitrogens is 2. The zero-order chi connectivity index (χ0) is 17.2. The molecule has 0 amide bonds. The van der Waals surface area contributed by atoms with Gasteiger partial charge in [-0.25, -0.2) is 4.99 Å². The SMILES string of the molecule is CCNC(=NCc1ccccn1)NCc1cc(C(CC)CC)no1. The van der Waals surface area contributed by atoms with Crippen molar-refractivity contribution in [2.45, 2.75) is 52.6 Å². The second kappa shape index (κ2) is 9.70. The number of nitrogens with one attached hydrogen (secondary N) is 2. The summed E-state index contributed by atoms with van der Waals surface area (Å²) in [5.41, 5.74) is 1.97. The Kier molecular flexibility index (Phi) is 7.26. The van der Waals surface area contributed by atoms with Crippen LogP contribution in [0.15, 0.2) is 40.0 Å². The average Bonchev–Trinajstić information content (AvgIpc) is 3.08. The second-order valence-electron chi connectivity index (χ2n) is 5.60. The van der Waals surface area contributed by atoms with Gasteiger partial charge in [-0.1, -0.05) is 25.1 Å². The summed E-state index contributed by atoms with van der Waals surface area (Å²) in [6.45, 7) is 8.27. The molecule has 24 heavy (non-hydrogen) atoms. The Morgan fingerprint density at radius 2 is 2.04 bits per heavy atom. The molecule has 0 atom stereocenters. The standard InChI is InChI=1S/C18H27N5O/c1-4-14(5-2)17-11-16(24-23-17)13-22-18(19-6-3)21-12-15-9-7-8-10-20-15/h7-11,14H,4-6,12-13H2,1-3H3,(H2,19,21,22). The van der Waals surface area contributed by atoms with E-state index in [4.69, 9.17) is 4.52 Å². The maximum absolute atomic E-state index is 5.43. The van der Waals surface area contributed by atoms with Gasteiger partial charge < -0.3 is 15.2 Å². The molecule has 2 aromatic rings. The number of pyridine rings is 1. The lowest BCUT2D eigenvalue weighted by Crippen LogP contribution is -2.36. The summed E-state index contributed by atoms with van der Waals surface area (Å²) in [5, 5.41) is 10.7. The van der Waals surface area contributed by atoms with Gasteiger partial charge in [0.25, 0.3) is 0 Å². The van der Waals surface area contributed by atoms with Crippen LogP contribution in [0.4, 0.5) is 0 Å². The van der Waals surface area contributed by atoms with E-state index >= 15 is 0 Å². The van der Waals surface area contributed by atoms with E-state index in [9.17, 15) is 0 Å². The van der Waals surface area contributed by atoms with Crippen molar-refractivity contribution in [3.05, 3.63) is 47.6 Å². The molecule has 0 aliphatic heterocycles. The van der Waals surface area contributed by atoms with Crippen LogP contribution < -0.4 is 10.6 Å². The number of hydrogen-bond acceptors (Lipinski definition) is 4. The third-order valence-electron chi connectivity index (χ3n) is 3.88. The van der Waals surface area contributed by atoms with E-state index in [0.29, 0.717) is 19.0 Å². The fourth-order valence-corrected chi connectivity index (χ4v) is 2.48. The van der Waals surface area contributed by atoms with E-state index < -0.39 is 0 Å². The molecule has 2 N–H and O–H groups in total. The van der Waals surface area contributed by atoms with Crippen LogP contribution in [0.3, 0.4) is 0 Å². The third kappa shape index (κ3) is 5.37. The van der Waals surface area contributed by atoms with Crippen molar-refractivity contribution in [2.75, 3.05) is 6.54 Å². The summed E-state index contributed by atoms with van der Waals surface area (Å²) < 4.78 is 5.43. The molecule has 0 aliphatic carbocycles. The van der Waals surface area contributed by atoms with E-state index in [2.05, 4.69) is 39.6 Å². The van der Waals surface area contributed by atoms with Crippen molar-refractivity contribution in [3.8, 4) is 0 Å². The summed E-state index contributed by atoms with van der Waals surface area (Å²) in [7, 11) is 0. The lowest BCUT2D eigenvalue weighted by Gasteiger charge is -2.09. The smallest absolute Gasteiger partial charge is 0.192 e. The van der Waals surface area contributed by atoms with E-state index in [0.717, 1.165) is 42.5 Å². The number of hydrogen-bond donors (Lipinski definition) is 2. The van der Waals surface area contributed by atoms with Crippen LogP contribution in [-0.2, 0) is 13.1 Å². The summed E-state index contributed by atoms with van der Waals surface area (Å²) in [6.07, 6.45) is 3.92. The molecule has 0 bridgehead atoms. The zero-order valence-electron chi connectivity index (χ0n) is 14.7. The largest absolute Gasteiger partial charge is 0.359 e. The molecular weight excluding hydrogens is 302 g/mol. The molecule has 2 heterocycles. The Labute approximate surface area is 143 Å². The fourth-order valence-electron chi connectivity index (χ4n) is 2.48. The van der Waals surface area contributed by atoms with Gasteiger partial charge in [-0.3, -0.25) is 4.98 Å². The monoisotopic (exact) mass is 329 g/mol. The molecule has 0 aliphatic rings. The van der Waals surface area contributed by atoms with Gasteiger partial charge in [0.1, 0.15) is 0 Å². The summed E-state index contributed by atoms with van der Waals surface area (Å²) >= 11 is 0. The maximum atomic E-state index is 5.43. The van der Waals surface area contributed by atoms with Crippen molar-refractivity contribution < 1.29 is 4.52 Å². The predicted molar refractivity (Wildman–Crippen MR) is 95.7 cm³/mol. The highest BCUT2D eigenvalue weighted by atomic mass is 16.5. The first-order chi connectivity index (χ1) is 11.8. The maximum Gasteiger partial charge on any atom is 0.192 e. The molecule has 2 aromatic heterocycles. The summed E-state index contributed by atoms with van der Waals surface area (Å²) in [4.78, 5) is 8.82. The highest BCUT2D eigenvalue weighted by Crippen LogP contribution is 2.22. The number of aliphatic imine (C=N–C) groups is 1. The van der Waals surface area contributed by atoms with Crippen LogP contribution in [-0.4, -0.2) is 22.6 Å². The van der Waals surface area contributed by atoms with Gasteiger partial charge in [-0.2, -0.15) is 0 Å². The van der Waals surface area contributed by atoms with Crippen molar-refractivity contribution in [1.29, 1.82) is 0 Å². The van der Waals surface area contributed by atoms with Gasteiger partial charge in [-0.15, -0.1) is 0 Å². The lowest BCUT2D eigenvalue weighted by molar-refractivity contribution is 0.368. The van der Waals surface area contributed by atoms with Crippen molar-refractivity contribution >= 4 is 5.96 Å². The normalized spacial score (nSPS) is 11.8. The van der Waals surface area contributed by atoms with Crippen LogP contribution in [0, 0.1) is 0 Å².